The van der Waals surface area contributed by atoms with Gasteiger partial charge >= 0.3 is 0 Å². The first-order chi connectivity index (χ1) is 9.20. The van der Waals surface area contributed by atoms with E-state index in [2.05, 4.69) is 25.8 Å². The first kappa shape index (κ1) is 13.5. The molecule has 104 valence electrons. The molecule has 2 amide bonds. The highest BCUT2D eigenvalue weighted by atomic mass is 16.2. The summed E-state index contributed by atoms with van der Waals surface area (Å²) >= 11 is 0. The number of H-pyrrole nitrogens is 1. The maximum atomic E-state index is 11.7. The topological polar surface area (TPSA) is 99.8 Å². The molecule has 1 aromatic heterocycles. The van der Waals surface area contributed by atoms with Gasteiger partial charge in [0.25, 0.3) is 5.91 Å². The van der Waals surface area contributed by atoms with E-state index in [1.807, 2.05) is 6.92 Å². The second kappa shape index (κ2) is 6.31. The third-order valence-electron chi connectivity index (χ3n) is 2.88. The number of aromatic nitrogens is 3. The number of amides is 2. The summed E-state index contributed by atoms with van der Waals surface area (Å²) in [7, 11) is 0. The second-order valence-corrected chi connectivity index (χ2v) is 4.67. The Kier molecular flexibility index (Phi) is 4.48. The van der Waals surface area contributed by atoms with Crippen molar-refractivity contribution in [1.29, 1.82) is 0 Å². The van der Waals surface area contributed by atoms with E-state index in [0.717, 1.165) is 25.1 Å². The van der Waals surface area contributed by atoms with E-state index in [1.165, 1.54) is 0 Å². The number of rotatable bonds is 7. The Morgan fingerprint density at radius 3 is 2.79 bits per heavy atom. The average Bonchev–Trinajstić information content (AvgIpc) is 3.14. The van der Waals surface area contributed by atoms with Crippen molar-refractivity contribution >= 4 is 11.8 Å². The molecule has 0 aromatic carbocycles. The maximum absolute atomic E-state index is 11.7. The number of carbonyl (C=O) groups is 2. The molecule has 1 heterocycles. The number of hydrogen-bond donors (Lipinski definition) is 3. The van der Waals surface area contributed by atoms with Crippen LogP contribution in [0, 0.1) is 0 Å². The summed E-state index contributed by atoms with van der Waals surface area (Å²) in [5.41, 5.74) is 0. The van der Waals surface area contributed by atoms with Crippen molar-refractivity contribution in [1.82, 2.24) is 25.8 Å². The number of aromatic amines is 1. The lowest BCUT2D eigenvalue weighted by atomic mass is 10.3. The molecule has 0 saturated heterocycles. The lowest BCUT2D eigenvalue weighted by molar-refractivity contribution is -0.120. The fourth-order valence-corrected chi connectivity index (χ4v) is 1.64. The number of hydrogen-bond acceptors (Lipinski definition) is 4. The summed E-state index contributed by atoms with van der Waals surface area (Å²) in [5.74, 6) is 0.970. The van der Waals surface area contributed by atoms with Crippen molar-refractivity contribution in [3.05, 3.63) is 11.6 Å². The highest BCUT2D eigenvalue weighted by Crippen LogP contribution is 2.37. The normalized spacial score (nSPS) is 14.2. The molecule has 1 aliphatic rings. The van der Waals surface area contributed by atoms with Gasteiger partial charge in [0, 0.05) is 25.4 Å². The molecule has 1 saturated carbocycles. The van der Waals surface area contributed by atoms with Crippen molar-refractivity contribution in [3.63, 3.8) is 0 Å². The summed E-state index contributed by atoms with van der Waals surface area (Å²) in [6, 6.07) is 0. The van der Waals surface area contributed by atoms with Crippen molar-refractivity contribution < 1.29 is 9.59 Å². The SMILES string of the molecule is CCCNC(=O)CCNC(=O)c1n[nH]c(C2CC2)n1. The molecule has 0 radical (unpaired) electrons. The van der Waals surface area contributed by atoms with E-state index >= 15 is 0 Å². The molecule has 1 fully saturated rings. The molecule has 1 aliphatic carbocycles. The van der Waals surface area contributed by atoms with Crippen molar-refractivity contribution in [2.24, 2.45) is 0 Å². The third kappa shape index (κ3) is 4.04. The summed E-state index contributed by atoms with van der Waals surface area (Å²) in [4.78, 5) is 27.2. The minimum Gasteiger partial charge on any atom is -0.356 e. The summed E-state index contributed by atoms with van der Waals surface area (Å²) in [6.07, 6.45) is 3.38. The molecular formula is C12H19N5O2. The fourth-order valence-electron chi connectivity index (χ4n) is 1.64. The molecule has 7 nitrogen and oxygen atoms in total. The Morgan fingerprint density at radius 2 is 2.11 bits per heavy atom. The molecule has 19 heavy (non-hydrogen) atoms. The number of nitrogens with zero attached hydrogens (tertiary/aromatic N) is 2. The van der Waals surface area contributed by atoms with Crippen LogP contribution in [0.5, 0.6) is 0 Å². The average molecular weight is 265 g/mol. The van der Waals surface area contributed by atoms with Crippen LogP contribution >= 0.6 is 0 Å². The summed E-state index contributed by atoms with van der Waals surface area (Å²) < 4.78 is 0. The monoisotopic (exact) mass is 265 g/mol. The van der Waals surface area contributed by atoms with Crippen LogP contribution in [0.15, 0.2) is 0 Å². The molecule has 7 heteroatoms. The zero-order chi connectivity index (χ0) is 13.7. The predicted octanol–water partition coefficient (Wildman–Crippen LogP) is 0.328. The van der Waals surface area contributed by atoms with E-state index in [1.54, 1.807) is 0 Å². The lowest BCUT2D eigenvalue weighted by Crippen LogP contribution is -2.31. The summed E-state index contributed by atoms with van der Waals surface area (Å²) in [6.45, 7) is 2.95. The van der Waals surface area contributed by atoms with Gasteiger partial charge in [-0.2, -0.15) is 0 Å². The Balaban J connectivity index is 1.69. The van der Waals surface area contributed by atoms with Crippen molar-refractivity contribution in [2.75, 3.05) is 13.1 Å². The Hall–Kier alpha value is -1.92. The Morgan fingerprint density at radius 1 is 1.32 bits per heavy atom. The van der Waals surface area contributed by atoms with Crippen LogP contribution in [0.4, 0.5) is 0 Å². The van der Waals surface area contributed by atoms with Crippen LogP contribution in [0.25, 0.3) is 0 Å². The van der Waals surface area contributed by atoms with Crippen molar-refractivity contribution in [3.8, 4) is 0 Å². The highest BCUT2D eigenvalue weighted by Gasteiger charge is 2.28. The van der Waals surface area contributed by atoms with Crippen LogP contribution in [0.2, 0.25) is 0 Å². The van der Waals surface area contributed by atoms with E-state index in [9.17, 15) is 9.59 Å². The van der Waals surface area contributed by atoms with Gasteiger partial charge in [-0.05, 0) is 19.3 Å². The minimum atomic E-state index is -0.341. The van der Waals surface area contributed by atoms with Crippen LogP contribution in [0.3, 0.4) is 0 Å². The fraction of sp³-hybridized carbons (Fsp3) is 0.667. The molecule has 0 atom stereocenters. The van der Waals surface area contributed by atoms with Gasteiger partial charge in [0.1, 0.15) is 5.82 Å². The quantitative estimate of drug-likeness (QED) is 0.661. The van der Waals surface area contributed by atoms with E-state index in [-0.39, 0.29) is 24.1 Å². The van der Waals surface area contributed by atoms with E-state index in [0.29, 0.717) is 19.0 Å². The molecular weight excluding hydrogens is 246 g/mol. The second-order valence-electron chi connectivity index (χ2n) is 4.67. The van der Waals surface area contributed by atoms with Crippen LogP contribution in [0.1, 0.15) is 55.0 Å². The largest absolute Gasteiger partial charge is 0.356 e. The maximum Gasteiger partial charge on any atom is 0.290 e. The Labute approximate surface area is 111 Å². The van der Waals surface area contributed by atoms with Gasteiger partial charge in [-0.25, -0.2) is 4.98 Å². The number of carbonyl (C=O) groups excluding carboxylic acids is 2. The van der Waals surface area contributed by atoms with E-state index in [4.69, 9.17) is 0 Å². The van der Waals surface area contributed by atoms with Crippen LogP contribution in [-0.4, -0.2) is 40.1 Å². The first-order valence-corrected chi connectivity index (χ1v) is 6.68. The van der Waals surface area contributed by atoms with Gasteiger partial charge in [0.15, 0.2) is 0 Å². The van der Waals surface area contributed by atoms with Gasteiger partial charge in [0.05, 0.1) is 0 Å². The lowest BCUT2D eigenvalue weighted by Gasteiger charge is -2.03. The zero-order valence-corrected chi connectivity index (χ0v) is 11.0. The standard InChI is InChI=1S/C12H19N5O2/c1-2-6-13-9(18)5-7-14-12(19)11-15-10(16-17-11)8-3-4-8/h8H,2-7H2,1H3,(H,13,18)(H,14,19)(H,15,16,17). The molecule has 0 unspecified atom stereocenters. The third-order valence-corrected chi connectivity index (χ3v) is 2.88. The molecule has 0 bridgehead atoms. The van der Waals surface area contributed by atoms with Gasteiger partial charge in [0.2, 0.25) is 11.7 Å². The van der Waals surface area contributed by atoms with Gasteiger partial charge in [-0.1, -0.05) is 6.92 Å². The van der Waals surface area contributed by atoms with Crippen LogP contribution in [-0.2, 0) is 4.79 Å². The zero-order valence-electron chi connectivity index (χ0n) is 11.0. The molecule has 0 aliphatic heterocycles. The van der Waals surface area contributed by atoms with Gasteiger partial charge in [-0.3, -0.25) is 14.7 Å². The smallest absolute Gasteiger partial charge is 0.290 e. The molecule has 2 rings (SSSR count). The van der Waals surface area contributed by atoms with Gasteiger partial charge in [-0.15, -0.1) is 5.10 Å². The van der Waals surface area contributed by atoms with E-state index < -0.39 is 0 Å². The van der Waals surface area contributed by atoms with Gasteiger partial charge < -0.3 is 10.6 Å². The molecule has 0 spiro atoms. The number of nitrogens with one attached hydrogen (secondary N) is 3. The molecule has 3 N–H and O–H groups in total. The Bertz CT molecular complexity index is 453. The minimum absolute atomic E-state index is 0.0594. The van der Waals surface area contributed by atoms with Crippen LogP contribution < -0.4 is 10.6 Å². The van der Waals surface area contributed by atoms with Crippen molar-refractivity contribution in [2.45, 2.75) is 38.5 Å². The molecule has 1 aromatic rings. The highest BCUT2D eigenvalue weighted by molar-refractivity contribution is 5.90. The summed E-state index contributed by atoms with van der Waals surface area (Å²) in [5, 5.41) is 12.0. The first-order valence-electron chi connectivity index (χ1n) is 6.68. The predicted molar refractivity (Wildman–Crippen MR) is 68.6 cm³/mol.